The smallest absolute Gasteiger partial charge is 0.227 e. The van der Waals surface area contributed by atoms with E-state index in [0.29, 0.717) is 30.3 Å². The van der Waals surface area contributed by atoms with Crippen LogP contribution < -0.4 is 15.1 Å². The number of anilines is 2. The number of nitrogens with one attached hydrogen (secondary N) is 1. The Labute approximate surface area is 163 Å². The topological polar surface area (TPSA) is 35.6 Å². The van der Waals surface area contributed by atoms with Crippen molar-refractivity contribution in [1.29, 1.82) is 0 Å². The highest BCUT2D eigenvalue weighted by atomic mass is 35.5. The second kappa shape index (κ2) is 8.61. The Balaban J connectivity index is 0.00000113. The molecule has 6 heteroatoms. The molecule has 2 atom stereocenters. The van der Waals surface area contributed by atoms with Gasteiger partial charge in [-0.3, -0.25) is 4.79 Å². The monoisotopic (exact) mass is 385 g/mol. The van der Waals surface area contributed by atoms with E-state index in [2.05, 4.69) is 35.5 Å². The summed E-state index contributed by atoms with van der Waals surface area (Å²) in [6.45, 7) is 1.86. The van der Waals surface area contributed by atoms with Gasteiger partial charge < -0.3 is 15.1 Å². The first-order valence-electron chi connectivity index (χ1n) is 9.07. The number of para-hydroxylation sites is 2. The van der Waals surface area contributed by atoms with Crippen LogP contribution in [0, 0.1) is 5.92 Å². The maximum Gasteiger partial charge on any atom is 0.227 e. The Bertz CT molecular complexity index is 586. The molecule has 2 fully saturated rings. The van der Waals surface area contributed by atoms with Gasteiger partial charge in [0.05, 0.1) is 11.4 Å². The number of nitrogens with zero attached hydrogens (tertiary/aromatic N) is 2. The van der Waals surface area contributed by atoms with Crippen molar-refractivity contribution in [2.75, 3.05) is 29.9 Å². The number of hydrogen-bond acceptors (Lipinski definition) is 3. The minimum Gasteiger partial charge on any atom is -0.373 e. The third kappa shape index (κ3) is 4.24. The van der Waals surface area contributed by atoms with Gasteiger partial charge in [0.15, 0.2) is 0 Å². The lowest BCUT2D eigenvalue weighted by Crippen LogP contribution is -2.40. The number of carbonyl (C=O) groups is 1. The molecule has 3 aliphatic heterocycles. The lowest BCUT2D eigenvalue weighted by molar-refractivity contribution is -0.119. The third-order valence-electron chi connectivity index (χ3n) is 5.79. The van der Waals surface area contributed by atoms with Crippen LogP contribution in [0.1, 0.15) is 38.5 Å². The highest BCUT2D eigenvalue weighted by Crippen LogP contribution is 2.35. The molecular formula is C19H29Cl2N3O. The van der Waals surface area contributed by atoms with Crippen LogP contribution in [0.25, 0.3) is 0 Å². The fourth-order valence-corrected chi connectivity index (χ4v) is 4.68. The highest BCUT2D eigenvalue weighted by Gasteiger charge is 2.35. The Kier molecular flexibility index (Phi) is 7.01. The quantitative estimate of drug-likeness (QED) is 0.843. The number of hydrogen-bond donors (Lipinski definition) is 1. The first-order chi connectivity index (χ1) is 11.2. The molecule has 1 aromatic carbocycles. The molecular weight excluding hydrogens is 357 g/mol. The van der Waals surface area contributed by atoms with Gasteiger partial charge in [-0.2, -0.15) is 0 Å². The summed E-state index contributed by atoms with van der Waals surface area (Å²) >= 11 is 0. The van der Waals surface area contributed by atoms with Gasteiger partial charge in [-0.15, -0.1) is 24.8 Å². The summed E-state index contributed by atoms with van der Waals surface area (Å²) in [5, 5.41) is 3.67. The van der Waals surface area contributed by atoms with Gasteiger partial charge in [-0.25, -0.2) is 0 Å². The van der Waals surface area contributed by atoms with Gasteiger partial charge in [0.2, 0.25) is 5.91 Å². The van der Waals surface area contributed by atoms with Crippen LogP contribution in [0.5, 0.6) is 0 Å². The van der Waals surface area contributed by atoms with E-state index in [0.717, 1.165) is 25.2 Å². The average molecular weight is 386 g/mol. The maximum absolute atomic E-state index is 13.0. The van der Waals surface area contributed by atoms with Crippen LogP contribution in [0.3, 0.4) is 0 Å². The summed E-state index contributed by atoms with van der Waals surface area (Å²) in [5.74, 6) is 0.883. The molecule has 3 aliphatic rings. The number of fused-ring (bicyclic) bond motifs is 3. The van der Waals surface area contributed by atoms with Crippen LogP contribution >= 0.6 is 24.8 Å². The standard InChI is InChI=1S/C19H27N3O.2ClH/c1-21-9-4-10-22(18-6-3-2-5-17(18)21)19(23)13-14-11-15-7-8-16(12-14)20-15;;/h2-3,5-6,14-16,20H,4,7-13H2,1H3;2*1H. The summed E-state index contributed by atoms with van der Waals surface area (Å²) in [6, 6.07) is 9.66. The molecule has 3 heterocycles. The molecule has 0 aromatic heterocycles. The summed E-state index contributed by atoms with van der Waals surface area (Å²) in [7, 11) is 2.12. The van der Waals surface area contributed by atoms with Gasteiger partial charge >= 0.3 is 0 Å². The molecule has 1 N–H and O–H groups in total. The van der Waals surface area contributed by atoms with E-state index in [1.807, 2.05) is 11.0 Å². The predicted molar refractivity (Wildman–Crippen MR) is 108 cm³/mol. The van der Waals surface area contributed by atoms with Crippen molar-refractivity contribution in [1.82, 2.24) is 5.32 Å². The Morgan fingerprint density at radius 3 is 2.40 bits per heavy atom. The van der Waals surface area contributed by atoms with E-state index in [-0.39, 0.29) is 24.8 Å². The SMILES string of the molecule is CN1CCCN(C(=O)CC2CC3CCC(C2)N3)c2ccccc21.Cl.Cl. The molecule has 4 rings (SSSR count). The lowest BCUT2D eigenvalue weighted by Gasteiger charge is -2.31. The number of halogens is 2. The predicted octanol–water partition coefficient (Wildman–Crippen LogP) is 3.62. The first-order valence-corrected chi connectivity index (χ1v) is 9.07. The van der Waals surface area contributed by atoms with Gasteiger partial charge in [-0.1, -0.05) is 12.1 Å². The van der Waals surface area contributed by atoms with E-state index in [1.165, 1.54) is 31.4 Å². The fraction of sp³-hybridized carbons (Fsp3) is 0.632. The minimum absolute atomic E-state index is 0. The zero-order valence-corrected chi connectivity index (χ0v) is 16.5. The molecule has 0 spiro atoms. The molecule has 0 saturated carbocycles. The third-order valence-corrected chi connectivity index (χ3v) is 5.79. The van der Waals surface area contributed by atoms with Gasteiger partial charge in [-0.05, 0) is 50.2 Å². The zero-order valence-electron chi connectivity index (χ0n) is 14.8. The molecule has 1 amide bonds. The van der Waals surface area contributed by atoms with Crippen molar-refractivity contribution in [2.24, 2.45) is 5.92 Å². The highest BCUT2D eigenvalue weighted by molar-refractivity contribution is 5.97. The van der Waals surface area contributed by atoms with Crippen LogP contribution in [0.15, 0.2) is 24.3 Å². The molecule has 0 radical (unpaired) electrons. The van der Waals surface area contributed by atoms with E-state index in [4.69, 9.17) is 0 Å². The summed E-state index contributed by atoms with van der Waals surface area (Å²) in [5.41, 5.74) is 2.28. The molecule has 1 aromatic rings. The maximum atomic E-state index is 13.0. The fourth-order valence-electron chi connectivity index (χ4n) is 4.68. The normalized spacial score (nSPS) is 27.6. The van der Waals surface area contributed by atoms with Crippen molar-refractivity contribution in [3.8, 4) is 0 Å². The number of piperidine rings is 1. The van der Waals surface area contributed by atoms with Gasteiger partial charge in [0.1, 0.15) is 0 Å². The Morgan fingerprint density at radius 2 is 1.72 bits per heavy atom. The summed E-state index contributed by atoms with van der Waals surface area (Å²) < 4.78 is 0. The second-order valence-corrected chi connectivity index (χ2v) is 7.49. The van der Waals surface area contributed by atoms with Crippen molar-refractivity contribution >= 4 is 42.1 Å². The van der Waals surface area contributed by atoms with Gasteiger partial charge in [0.25, 0.3) is 0 Å². The van der Waals surface area contributed by atoms with Crippen LogP contribution in [0.2, 0.25) is 0 Å². The molecule has 4 nitrogen and oxygen atoms in total. The molecule has 0 aliphatic carbocycles. The van der Waals surface area contributed by atoms with Crippen LogP contribution in [-0.2, 0) is 4.79 Å². The van der Waals surface area contributed by atoms with E-state index < -0.39 is 0 Å². The first kappa shape index (κ1) is 20.3. The van der Waals surface area contributed by atoms with Crippen molar-refractivity contribution in [3.63, 3.8) is 0 Å². The average Bonchev–Trinajstić information content (AvgIpc) is 2.80. The summed E-state index contributed by atoms with van der Waals surface area (Å²) in [4.78, 5) is 17.3. The molecule has 2 bridgehead atoms. The van der Waals surface area contributed by atoms with Crippen molar-refractivity contribution in [3.05, 3.63) is 24.3 Å². The number of rotatable bonds is 2. The van der Waals surface area contributed by atoms with E-state index in [9.17, 15) is 4.79 Å². The zero-order chi connectivity index (χ0) is 15.8. The minimum atomic E-state index is 0. The van der Waals surface area contributed by atoms with E-state index >= 15 is 0 Å². The van der Waals surface area contributed by atoms with Crippen LogP contribution in [0.4, 0.5) is 11.4 Å². The lowest BCUT2D eigenvalue weighted by atomic mass is 9.89. The number of benzene rings is 1. The van der Waals surface area contributed by atoms with Crippen molar-refractivity contribution in [2.45, 2.75) is 50.6 Å². The molecule has 2 unspecified atom stereocenters. The van der Waals surface area contributed by atoms with E-state index in [1.54, 1.807) is 0 Å². The Hall–Kier alpha value is -0.970. The second-order valence-electron chi connectivity index (χ2n) is 7.49. The number of amides is 1. The number of carbonyl (C=O) groups excluding carboxylic acids is 1. The molecule has 140 valence electrons. The van der Waals surface area contributed by atoms with Gasteiger partial charge in [0, 0.05) is 38.6 Å². The Morgan fingerprint density at radius 1 is 1.08 bits per heavy atom. The summed E-state index contributed by atoms with van der Waals surface area (Å²) in [6.07, 6.45) is 6.70. The van der Waals surface area contributed by atoms with Crippen LogP contribution in [-0.4, -0.2) is 38.1 Å². The molecule has 25 heavy (non-hydrogen) atoms. The largest absolute Gasteiger partial charge is 0.373 e. The van der Waals surface area contributed by atoms with Crippen molar-refractivity contribution < 1.29 is 4.79 Å². The molecule has 2 saturated heterocycles.